The lowest BCUT2D eigenvalue weighted by atomic mass is 10.1. The second-order valence-electron chi connectivity index (χ2n) is 4.98. The van der Waals surface area contributed by atoms with Crippen molar-refractivity contribution in [1.82, 2.24) is 4.98 Å². The summed E-state index contributed by atoms with van der Waals surface area (Å²) >= 11 is 4.24. The van der Waals surface area contributed by atoms with E-state index in [1.54, 1.807) is 30.3 Å². The molecule has 8 heteroatoms. The molecule has 1 N–H and O–H groups in total. The number of halogens is 4. The normalized spacial score (nSPS) is 11.8. The largest absolute Gasteiger partial charge is 0.434 e. The van der Waals surface area contributed by atoms with Crippen LogP contribution in [-0.2, 0) is 6.18 Å². The predicted molar refractivity (Wildman–Crippen MR) is 97.9 cm³/mol. The van der Waals surface area contributed by atoms with Crippen LogP contribution in [0.1, 0.15) is 11.3 Å². The van der Waals surface area contributed by atoms with Crippen molar-refractivity contribution >= 4 is 38.6 Å². The van der Waals surface area contributed by atoms with Crippen molar-refractivity contribution in [3.63, 3.8) is 0 Å². The summed E-state index contributed by atoms with van der Waals surface area (Å²) in [4.78, 5) is 3.73. The second kappa shape index (κ2) is 7.37. The van der Waals surface area contributed by atoms with Crippen LogP contribution in [0.2, 0.25) is 0 Å². The lowest BCUT2D eigenvalue weighted by molar-refractivity contribution is -0.140. The molecule has 25 heavy (non-hydrogen) atoms. The molecule has 3 aromatic rings. The number of hydrazone groups is 1. The summed E-state index contributed by atoms with van der Waals surface area (Å²) in [6.07, 6.45) is -3.01. The fourth-order valence-corrected chi connectivity index (χ4v) is 3.26. The monoisotopic (exact) mass is 425 g/mol. The van der Waals surface area contributed by atoms with E-state index in [2.05, 4.69) is 31.4 Å². The van der Waals surface area contributed by atoms with E-state index in [1.807, 2.05) is 24.3 Å². The van der Waals surface area contributed by atoms with Crippen molar-refractivity contribution in [2.45, 2.75) is 6.18 Å². The van der Waals surface area contributed by atoms with E-state index in [0.717, 1.165) is 21.4 Å². The van der Waals surface area contributed by atoms with Crippen LogP contribution in [0.3, 0.4) is 0 Å². The number of rotatable bonds is 4. The Kier molecular flexibility index (Phi) is 5.19. The van der Waals surface area contributed by atoms with Crippen molar-refractivity contribution in [3.05, 3.63) is 70.3 Å². The first kappa shape index (κ1) is 17.6. The van der Waals surface area contributed by atoms with Gasteiger partial charge in [-0.1, -0.05) is 69.7 Å². The molecule has 3 rings (SSSR count). The number of hydrogen-bond acceptors (Lipinski definition) is 4. The average molecular weight is 426 g/mol. The Labute approximate surface area is 154 Å². The molecule has 0 unspecified atom stereocenters. The molecule has 1 aromatic heterocycles. The highest BCUT2D eigenvalue weighted by atomic mass is 79.9. The van der Waals surface area contributed by atoms with E-state index in [1.165, 1.54) is 6.21 Å². The number of anilines is 1. The van der Waals surface area contributed by atoms with Gasteiger partial charge in [0.25, 0.3) is 0 Å². The standard InChI is InChI=1S/C17H11BrF3N3S/c18-13-8-6-11(7-9-13)10-22-24-16-23-15(17(19,20)21)14(25-16)12-4-2-1-3-5-12/h1-10H,(H,23,24). The number of thiazole rings is 1. The highest BCUT2D eigenvalue weighted by Gasteiger charge is 2.37. The molecule has 0 spiro atoms. The summed E-state index contributed by atoms with van der Waals surface area (Å²) in [6, 6.07) is 15.7. The predicted octanol–water partition coefficient (Wildman–Crippen LogP) is 6.04. The van der Waals surface area contributed by atoms with Crippen LogP contribution >= 0.6 is 27.3 Å². The number of hydrogen-bond donors (Lipinski definition) is 1. The summed E-state index contributed by atoms with van der Waals surface area (Å²) in [5.41, 5.74) is 2.94. The highest BCUT2D eigenvalue weighted by Crippen LogP contribution is 2.41. The van der Waals surface area contributed by atoms with Gasteiger partial charge in [-0.05, 0) is 23.3 Å². The molecule has 0 saturated carbocycles. The maximum Gasteiger partial charge on any atom is 0.434 e. The first-order valence-electron chi connectivity index (χ1n) is 7.11. The van der Waals surface area contributed by atoms with Gasteiger partial charge in [0.2, 0.25) is 5.13 Å². The van der Waals surface area contributed by atoms with Crippen LogP contribution in [0.25, 0.3) is 10.4 Å². The molecule has 0 aliphatic carbocycles. The number of aromatic nitrogens is 1. The molecule has 0 saturated heterocycles. The highest BCUT2D eigenvalue weighted by molar-refractivity contribution is 9.10. The first-order chi connectivity index (χ1) is 11.9. The molecule has 128 valence electrons. The quantitative estimate of drug-likeness (QED) is 0.408. The van der Waals surface area contributed by atoms with Crippen molar-refractivity contribution in [2.75, 3.05) is 5.43 Å². The van der Waals surface area contributed by atoms with Gasteiger partial charge in [-0.25, -0.2) is 4.98 Å². The molecular weight excluding hydrogens is 415 g/mol. The Balaban J connectivity index is 1.85. The zero-order valence-corrected chi connectivity index (χ0v) is 15.0. The van der Waals surface area contributed by atoms with Crippen molar-refractivity contribution in [1.29, 1.82) is 0 Å². The lowest BCUT2D eigenvalue weighted by Crippen LogP contribution is -2.07. The zero-order chi connectivity index (χ0) is 17.9. The third-order valence-corrected chi connectivity index (χ3v) is 4.71. The molecule has 0 aliphatic heterocycles. The van der Waals surface area contributed by atoms with E-state index in [-0.39, 0.29) is 10.0 Å². The third kappa shape index (κ3) is 4.46. The van der Waals surface area contributed by atoms with Gasteiger partial charge >= 0.3 is 6.18 Å². The van der Waals surface area contributed by atoms with Crippen LogP contribution in [0.4, 0.5) is 18.3 Å². The van der Waals surface area contributed by atoms with E-state index in [0.29, 0.717) is 5.56 Å². The van der Waals surface area contributed by atoms with Gasteiger partial charge in [0.1, 0.15) is 0 Å². The van der Waals surface area contributed by atoms with Gasteiger partial charge in [-0.2, -0.15) is 18.3 Å². The summed E-state index contributed by atoms with van der Waals surface area (Å²) in [5, 5.41) is 4.04. The van der Waals surface area contributed by atoms with Gasteiger partial charge in [-0.3, -0.25) is 5.43 Å². The Morgan fingerprint density at radius 3 is 2.36 bits per heavy atom. The SMILES string of the molecule is FC(F)(F)c1nc(NN=Cc2ccc(Br)cc2)sc1-c1ccccc1. The minimum atomic E-state index is -4.53. The van der Waals surface area contributed by atoms with Crippen molar-refractivity contribution < 1.29 is 13.2 Å². The molecule has 0 amide bonds. The van der Waals surface area contributed by atoms with Crippen molar-refractivity contribution in [3.8, 4) is 10.4 Å². The summed E-state index contributed by atoms with van der Waals surface area (Å²) in [5.74, 6) is 0. The van der Waals surface area contributed by atoms with Crippen molar-refractivity contribution in [2.24, 2.45) is 5.10 Å². The van der Waals surface area contributed by atoms with Gasteiger partial charge in [-0.15, -0.1) is 0 Å². The number of nitrogens with zero attached hydrogens (tertiary/aromatic N) is 2. The van der Waals surface area contributed by atoms with Gasteiger partial charge in [0.15, 0.2) is 5.69 Å². The van der Waals surface area contributed by atoms with Gasteiger partial charge in [0, 0.05) is 4.47 Å². The molecule has 1 heterocycles. The third-order valence-electron chi connectivity index (χ3n) is 3.18. The Bertz CT molecular complexity index is 874. The fourth-order valence-electron chi connectivity index (χ4n) is 2.06. The summed E-state index contributed by atoms with van der Waals surface area (Å²) in [6.45, 7) is 0. The molecule has 0 atom stereocenters. The summed E-state index contributed by atoms with van der Waals surface area (Å²) in [7, 11) is 0. The molecular formula is C17H11BrF3N3S. The van der Waals surface area contributed by atoms with Crippen LogP contribution in [0, 0.1) is 0 Å². The average Bonchev–Trinajstić information content (AvgIpc) is 3.02. The lowest BCUT2D eigenvalue weighted by Gasteiger charge is -2.05. The fraction of sp³-hybridized carbons (Fsp3) is 0.0588. The van der Waals surface area contributed by atoms with Crippen LogP contribution < -0.4 is 5.43 Å². The van der Waals surface area contributed by atoms with Crippen LogP contribution in [0.5, 0.6) is 0 Å². The minimum Gasteiger partial charge on any atom is -0.253 e. The molecule has 0 radical (unpaired) electrons. The number of alkyl halides is 3. The second-order valence-corrected chi connectivity index (χ2v) is 6.90. The Hall–Kier alpha value is -2.19. The maximum atomic E-state index is 13.2. The van der Waals surface area contributed by atoms with Gasteiger partial charge < -0.3 is 0 Å². The van der Waals surface area contributed by atoms with E-state index in [9.17, 15) is 13.2 Å². The Morgan fingerprint density at radius 1 is 1.04 bits per heavy atom. The molecule has 2 aromatic carbocycles. The minimum absolute atomic E-state index is 0.0643. The maximum absolute atomic E-state index is 13.2. The van der Waals surface area contributed by atoms with E-state index in [4.69, 9.17) is 0 Å². The van der Waals surface area contributed by atoms with E-state index < -0.39 is 11.9 Å². The topological polar surface area (TPSA) is 37.3 Å². The summed E-state index contributed by atoms with van der Waals surface area (Å²) < 4.78 is 40.7. The molecule has 0 bridgehead atoms. The molecule has 0 aliphatic rings. The molecule has 3 nitrogen and oxygen atoms in total. The zero-order valence-electron chi connectivity index (χ0n) is 12.6. The number of benzene rings is 2. The first-order valence-corrected chi connectivity index (χ1v) is 8.72. The van der Waals surface area contributed by atoms with Gasteiger partial charge in [0.05, 0.1) is 11.1 Å². The smallest absolute Gasteiger partial charge is 0.253 e. The van der Waals surface area contributed by atoms with E-state index >= 15 is 0 Å². The molecule has 0 fully saturated rings. The Morgan fingerprint density at radius 2 is 1.72 bits per heavy atom. The number of nitrogens with one attached hydrogen (secondary N) is 1. The van der Waals surface area contributed by atoms with Crippen LogP contribution in [-0.4, -0.2) is 11.2 Å². The van der Waals surface area contributed by atoms with Crippen LogP contribution in [0.15, 0.2) is 64.2 Å².